The van der Waals surface area contributed by atoms with Crippen LogP contribution in [0.5, 0.6) is 0 Å². The highest BCUT2D eigenvalue weighted by Crippen LogP contribution is 2.34. The Kier molecular flexibility index (Phi) is 6.34. The molecule has 1 aromatic carbocycles. The summed E-state index contributed by atoms with van der Waals surface area (Å²) >= 11 is 0. The van der Waals surface area contributed by atoms with Gasteiger partial charge in [-0.1, -0.05) is 12.1 Å². The number of halogens is 3. The Balaban J connectivity index is 1.42. The second-order valence-corrected chi connectivity index (χ2v) is 9.25. The summed E-state index contributed by atoms with van der Waals surface area (Å²) in [6.45, 7) is 6.52. The Morgan fingerprint density at radius 1 is 1.00 bits per heavy atom. The maximum atomic E-state index is 12.7. The summed E-state index contributed by atoms with van der Waals surface area (Å²) in [5, 5.41) is 2.87. The van der Waals surface area contributed by atoms with Crippen molar-refractivity contribution < 1.29 is 27.5 Å². The number of ether oxygens (including phenoxy) is 1. The molecular formula is C22H29F3N2O3. The minimum absolute atomic E-state index is 0.0141. The van der Waals surface area contributed by atoms with Crippen molar-refractivity contribution in [3.63, 3.8) is 0 Å². The van der Waals surface area contributed by atoms with Crippen LogP contribution in [0.15, 0.2) is 24.3 Å². The van der Waals surface area contributed by atoms with Gasteiger partial charge in [0.05, 0.1) is 5.56 Å². The van der Waals surface area contributed by atoms with Crippen molar-refractivity contribution in [1.82, 2.24) is 10.2 Å². The molecule has 1 N–H and O–H groups in total. The van der Waals surface area contributed by atoms with E-state index in [0.29, 0.717) is 25.9 Å². The zero-order valence-electron chi connectivity index (χ0n) is 17.6. The summed E-state index contributed by atoms with van der Waals surface area (Å²) < 4.78 is 43.3. The van der Waals surface area contributed by atoms with Crippen molar-refractivity contribution >= 4 is 12.0 Å². The first kappa shape index (κ1) is 22.4. The number of benzene rings is 1. The van der Waals surface area contributed by atoms with E-state index in [-0.39, 0.29) is 23.8 Å². The lowest BCUT2D eigenvalue weighted by Crippen LogP contribution is -2.51. The number of alkyl halides is 3. The number of carbonyl (C=O) groups excluding carboxylic acids is 2. The van der Waals surface area contributed by atoms with Crippen molar-refractivity contribution in [2.75, 3.05) is 13.1 Å². The molecule has 2 amide bonds. The van der Waals surface area contributed by atoms with Gasteiger partial charge >= 0.3 is 12.3 Å². The van der Waals surface area contributed by atoms with Gasteiger partial charge < -0.3 is 15.0 Å². The molecule has 166 valence electrons. The summed E-state index contributed by atoms with van der Waals surface area (Å²) in [6.07, 6.45) is -1.89. The lowest BCUT2D eigenvalue weighted by Gasteiger charge is -2.42. The highest BCUT2D eigenvalue weighted by molar-refractivity contribution is 5.80. The SMILES string of the molecule is CC(C)(C)OC(=O)NC1CCC(C(=O)N2CC(c3ccc(C(F)(F)F)cc3)C2)CC1. The van der Waals surface area contributed by atoms with Gasteiger partial charge in [-0.15, -0.1) is 0 Å². The van der Waals surface area contributed by atoms with Crippen LogP contribution in [0.25, 0.3) is 0 Å². The molecule has 1 heterocycles. The molecule has 1 aromatic rings. The molecule has 5 nitrogen and oxygen atoms in total. The van der Waals surface area contributed by atoms with Crippen molar-refractivity contribution in [3.05, 3.63) is 35.4 Å². The van der Waals surface area contributed by atoms with Crippen molar-refractivity contribution in [2.45, 2.75) is 70.2 Å². The summed E-state index contributed by atoms with van der Waals surface area (Å²) in [5.41, 5.74) is -0.370. The normalized spacial score (nSPS) is 22.9. The molecule has 0 spiro atoms. The lowest BCUT2D eigenvalue weighted by atomic mass is 9.83. The van der Waals surface area contributed by atoms with Crippen molar-refractivity contribution in [3.8, 4) is 0 Å². The number of alkyl carbamates (subject to hydrolysis) is 1. The predicted octanol–water partition coefficient (Wildman–Crippen LogP) is 4.71. The number of amides is 2. The second-order valence-electron chi connectivity index (χ2n) is 9.25. The average Bonchev–Trinajstić information content (AvgIpc) is 2.59. The van der Waals surface area contributed by atoms with Crippen LogP contribution in [-0.2, 0) is 15.7 Å². The minimum Gasteiger partial charge on any atom is -0.444 e. The van der Waals surface area contributed by atoms with Gasteiger partial charge in [-0.05, 0) is 64.2 Å². The smallest absolute Gasteiger partial charge is 0.416 e. The van der Waals surface area contributed by atoms with Crippen molar-refractivity contribution in [1.29, 1.82) is 0 Å². The van der Waals surface area contributed by atoms with E-state index in [9.17, 15) is 22.8 Å². The summed E-state index contributed by atoms with van der Waals surface area (Å²) in [6, 6.07) is 5.21. The number of hydrogen-bond donors (Lipinski definition) is 1. The van der Waals surface area contributed by atoms with E-state index < -0.39 is 23.4 Å². The van der Waals surface area contributed by atoms with E-state index >= 15 is 0 Å². The van der Waals surface area contributed by atoms with E-state index in [0.717, 1.165) is 30.5 Å². The van der Waals surface area contributed by atoms with E-state index in [1.807, 2.05) is 20.8 Å². The van der Waals surface area contributed by atoms with Gasteiger partial charge in [-0.25, -0.2) is 4.79 Å². The van der Waals surface area contributed by atoms with Gasteiger partial charge in [-0.3, -0.25) is 4.79 Å². The lowest BCUT2D eigenvalue weighted by molar-refractivity contribution is -0.141. The van der Waals surface area contributed by atoms with Crippen LogP contribution >= 0.6 is 0 Å². The van der Waals surface area contributed by atoms with Gasteiger partial charge in [0, 0.05) is 31.0 Å². The predicted molar refractivity (Wildman–Crippen MR) is 106 cm³/mol. The first-order chi connectivity index (χ1) is 13.9. The maximum absolute atomic E-state index is 12.7. The molecule has 30 heavy (non-hydrogen) atoms. The zero-order valence-corrected chi connectivity index (χ0v) is 17.6. The van der Waals surface area contributed by atoms with E-state index in [2.05, 4.69) is 5.32 Å². The van der Waals surface area contributed by atoms with Gasteiger partial charge in [0.1, 0.15) is 5.60 Å². The molecule has 0 aromatic heterocycles. The molecule has 8 heteroatoms. The van der Waals surface area contributed by atoms with Crippen LogP contribution in [-0.4, -0.2) is 41.6 Å². The standard InChI is InChI=1S/C22H29F3N2O3/c1-21(2,3)30-20(29)26-18-10-6-15(7-11-18)19(28)27-12-16(13-27)14-4-8-17(9-5-14)22(23,24)25/h4-5,8-9,15-16,18H,6-7,10-13H2,1-3H3,(H,26,29). The Morgan fingerprint density at radius 2 is 1.57 bits per heavy atom. The summed E-state index contributed by atoms with van der Waals surface area (Å²) in [7, 11) is 0. The second kappa shape index (κ2) is 8.47. The topological polar surface area (TPSA) is 58.6 Å². The van der Waals surface area contributed by atoms with Gasteiger partial charge in [0.2, 0.25) is 5.91 Å². The Hall–Kier alpha value is -2.25. The monoisotopic (exact) mass is 426 g/mol. The molecule has 1 aliphatic carbocycles. The third-order valence-corrected chi connectivity index (χ3v) is 5.70. The first-order valence-electron chi connectivity index (χ1n) is 10.4. The van der Waals surface area contributed by atoms with Crippen LogP contribution in [0, 0.1) is 5.92 Å². The van der Waals surface area contributed by atoms with E-state index in [1.54, 1.807) is 4.90 Å². The largest absolute Gasteiger partial charge is 0.444 e. The van der Waals surface area contributed by atoms with Crippen LogP contribution in [0.4, 0.5) is 18.0 Å². The number of hydrogen-bond acceptors (Lipinski definition) is 3. The molecule has 0 atom stereocenters. The van der Waals surface area contributed by atoms with Gasteiger partial charge in [-0.2, -0.15) is 13.2 Å². The molecule has 1 saturated carbocycles. The molecule has 1 aliphatic heterocycles. The highest BCUT2D eigenvalue weighted by atomic mass is 19.4. The van der Waals surface area contributed by atoms with Crippen molar-refractivity contribution in [2.24, 2.45) is 5.92 Å². The van der Waals surface area contributed by atoms with Crippen LogP contribution < -0.4 is 5.32 Å². The van der Waals surface area contributed by atoms with E-state index in [1.165, 1.54) is 12.1 Å². The molecule has 2 aliphatic rings. The highest BCUT2D eigenvalue weighted by Gasteiger charge is 2.37. The van der Waals surface area contributed by atoms with E-state index in [4.69, 9.17) is 4.74 Å². The van der Waals surface area contributed by atoms with Crippen LogP contribution in [0.2, 0.25) is 0 Å². The van der Waals surface area contributed by atoms with Gasteiger partial charge in [0.25, 0.3) is 0 Å². The molecule has 0 unspecified atom stereocenters. The quantitative estimate of drug-likeness (QED) is 0.761. The Bertz CT molecular complexity index is 757. The molecule has 0 bridgehead atoms. The van der Waals surface area contributed by atoms with Crippen LogP contribution in [0.1, 0.15) is 63.5 Å². The Morgan fingerprint density at radius 3 is 2.07 bits per heavy atom. The fraction of sp³-hybridized carbons (Fsp3) is 0.636. The number of carbonyl (C=O) groups is 2. The third kappa shape index (κ3) is 5.67. The molecule has 2 fully saturated rings. The number of likely N-dealkylation sites (tertiary alicyclic amines) is 1. The molecular weight excluding hydrogens is 397 g/mol. The zero-order chi connectivity index (χ0) is 22.1. The number of nitrogens with one attached hydrogen (secondary N) is 1. The molecule has 0 radical (unpaired) electrons. The maximum Gasteiger partial charge on any atom is 0.416 e. The molecule has 1 saturated heterocycles. The fourth-order valence-corrected chi connectivity index (χ4v) is 4.03. The Labute approximate surface area is 175 Å². The minimum atomic E-state index is -4.34. The van der Waals surface area contributed by atoms with Crippen LogP contribution in [0.3, 0.4) is 0 Å². The first-order valence-corrected chi connectivity index (χ1v) is 10.4. The summed E-state index contributed by atoms with van der Waals surface area (Å²) in [5.74, 6) is 0.130. The summed E-state index contributed by atoms with van der Waals surface area (Å²) in [4.78, 5) is 26.4. The van der Waals surface area contributed by atoms with Gasteiger partial charge in [0.15, 0.2) is 0 Å². The third-order valence-electron chi connectivity index (χ3n) is 5.70. The average molecular weight is 426 g/mol. The fourth-order valence-electron chi connectivity index (χ4n) is 4.03. The number of rotatable bonds is 3. The number of nitrogens with zero attached hydrogens (tertiary/aromatic N) is 1. The molecule has 3 rings (SSSR count).